The maximum absolute atomic E-state index is 14.6. The lowest BCUT2D eigenvalue weighted by Crippen LogP contribution is -2.42. The zero-order valence-electron chi connectivity index (χ0n) is 22.9. The molecule has 1 atom stereocenters. The molecule has 0 saturated heterocycles. The number of hydrogen-bond donors (Lipinski definition) is 2. The van der Waals surface area contributed by atoms with E-state index in [0.717, 1.165) is 17.7 Å². The van der Waals surface area contributed by atoms with Gasteiger partial charge in [0.1, 0.15) is 5.69 Å². The van der Waals surface area contributed by atoms with Gasteiger partial charge in [-0.15, -0.1) is 0 Å². The van der Waals surface area contributed by atoms with E-state index in [1.54, 1.807) is 34.9 Å². The van der Waals surface area contributed by atoms with E-state index in [0.29, 0.717) is 27.1 Å². The van der Waals surface area contributed by atoms with E-state index >= 15 is 0 Å². The van der Waals surface area contributed by atoms with Gasteiger partial charge >= 0.3 is 13.3 Å². The Hall–Kier alpha value is -2.93. The summed E-state index contributed by atoms with van der Waals surface area (Å²) in [5.41, 5.74) is -1.04. The third kappa shape index (κ3) is 5.03. The Labute approximate surface area is 269 Å². The smallest absolute Gasteiger partial charge is 0.423 e. The topological polar surface area (TPSA) is 84.6 Å². The molecule has 6 rings (SSSR count). The molecule has 0 spiro atoms. The molecule has 1 unspecified atom stereocenters. The Morgan fingerprint density at radius 2 is 1.80 bits per heavy atom. The maximum atomic E-state index is 14.6. The number of aromatic nitrogens is 1. The molecule has 2 aliphatic rings. The van der Waals surface area contributed by atoms with Crippen LogP contribution in [0.5, 0.6) is 0 Å². The highest BCUT2D eigenvalue weighted by molar-refractivity contribution is 6.62. The lowest BCUT2D eigenvalue weighted by atomic mass is 9.77. The third-order valence-corrected chi connectivity index (χ3v) is 9.40. The number of oxime groups is 1. The number of nitrogens with one attached hydrogen (secondary N) is 1. The van der Waals surface area contributed by atoms with Crippen LogP contribution < -0.4 is 10.8 Å². The van der Waals surface area contributed by atoms with Crippen molar-refractivity contribution in [2.24, 2.45) is 5.16 Å². The number of hydrogen-bond acceptors (Lipinski definition) is 5. The number of rotatable bonds is 5. The van der Waals surface area contributed by atoms with Crippen molar-refractivity contribution in [2.45, 2.75) is 44.2 Å². The number of fused-ring (bicyclic) bond motifs is 2. The number of nitrogens with zero attached hydrogens (tertiary/aromatic N) is 2. The fourth-order valence-electron chi connectivity index (χ4n) is 5.57. The molecule has 2 N–H and O–H groups in total. The summed E-state index contributed by atoms with van der Waals surface area (Å²) in [4.78, 5) is 18.4. The number of halogens is 7. The summed E-state index contributed by atoms with van der Waals surface area (Å²) in [7, 11) is -1.12. The Kier molecular flexibility index (Phi) is 7.67. The van der Waals surface area contributed by atoms with Crippen molar-refractivity contribution >= 4 is 76.1 Å². The summed E-state index contributed by atoms with van der Waals surface area (Å²) in [5.74, 6) is -0.467. The van der Waals surface area contributed by atoms with E-state index in [1.807, 2.05) is 13.8 Å². The highest BCUT2D eigenvalue weighted by atomic mass is 35.5. The minimum atomic E-state index is -4.90. The normalized spacial score (nSPS) is 19.2. The minimum Gasteiger partial charge on any atom is -0.423 e. The van der Waals surface area contributed by atoms with Crippen LogP contribution in [-0.2, 0) is 27.2 Å². The molecule has 4 aromatic rings. The van der Waals surface area contributed by atoms with E-state index < -0.39 is 36.8 Å². The Morgan fingerprint density at radius 1 is 1.09 bits per heavy atom. The monoisotopic (exact) mass is 683 g/mol. The second-order valence-corrected chi connectivity index (χ2v) is 12.6. The third-order valence-electron chi connectivity index (χ3n) is 7.85. The molecular weight excluding hydrogens is 664 g/mol. The zero-order valence-corrected chi connectivity index (χ0v) is 25.9. The van der Waals surface area contributed by atoms with Crippen LogP contribution in [0.3, 0.4) is 0 Å². The van der Waals surface area contributed by atoms with Gasteiger partial charge in [0.15, 0.2) is 0 Å². The summed E-state index contributed by atoms with van der Waals surface area (Å²) in [5, 5.41) is 17.0. The minimum absolute atomic E-state index is 0.00815. The molecule has 0 fully saturated rings. The lowest BCUT2D eigenvalue weighted by Gasteiger charge is -2.30. The standard InChI is InChI=1S/C29H21BCl4F3N3O4/c1-27(2)17-11-19(31)14(8-18(17)30(42)43-27)13-38-26(41)24-6-5-16(23-4-3-7-40(23)24)22-12-28(44-39-22,29(35,36)37)15-9-20(32)25(34)21(33)10-15/h3-11,42H,12-13H2,1-2H3,(H,38,41). The van der Waals surface area contributed by atoms with Gasteiger partial charge in [0.2, 0.25) is 0 Å². The predicted molar refractivity (Wildman–Crippen MR) is 163 cm³/mol. The molecule has 2 aromatic carbocycles. The quantitative estimate of drug-likeness (QED) is 0.175. The molecule has 0 radical (unpaired) electrons. The first-order valence-electron chi connectivity index (χ1n) is 13.2. The van der Waals surface area contributed by atoms with Crippen LogP contribution in [-0.4, -0.2) is 34.3 Å². The van der Waals surface area contributed by atoms with Gasteiger partial charge in [-0.1, -0.05) is 57.6 Å². The average molecular weight is 685 g/mol. The summed E-state index contributed by atoms with van der Waals surface area (Å²) in [6.45, 7) is 3.69. The molecule has 2 aliphatic heterocycles. The van der Waals surface area contributed by atoms with Crippen LogP contribution in [0.1, 0.15) is 53.0 Å². The molecule has 0 aliphatic carbocycles. The summed E-state index contributed by atoms with van der Waals surface area (Å²) >= 11 is 24.5. The highest BCUT2D eigenvalue weighted by Crippen LogP contribution is 2.51. The first-order valence-corrected chi connectivity index (χ1v) is 14.7. The van der Waals surface area contributed by atoms with Gasteiger partial charge in [-0.25, -0.2) is 0 Å². The van der Waals surface area contributed by atoms with Crippen molar-refractivity contribution in [2.75, 3.05) is 0 Å². The fourth-order valence-corrected chi connectivity index (χ4v) is 6.40. The largest absolute Gasteiger partial charge is 0.492 e. The number of amides is 1. The zero-order chi connectivity index (χ0) is 31.8. The SMILES string of the molecule is CC1(C)OB(O)c2cc(CNC(=O)c3ccc(C4=NOC(c5cc(Cl)c(Cl)c(Cl)c5)(C(F)(F)F)C4)c4cccn34)c(Cl)cc21. The molecular formula is C29H21BCl4F3N3O4. The van der Waals surface area contributed by atoms with Crippen LogP contribution >= 0.6 is 46.4 Å². The van der Waals surface area contributed by atoms with Crippen LogP contribution in [0.4, 0.5) is 13.2 Å². The van der Waals surface area contributed by atoms with Crippen molar-refractivity contribution in [1.29, 1.82) is 0 Å². The molecule has 44 heavy (non-hydrogen) atoms. The molecule has 15 heteroatoms. The maximum Gasteiger partial charge on any atom is 0.492 e. The second-order valence-electron chi connectivity index (χ2n) is 11.0. The molecule has 2 aromatic heterocycles. The molecule has 0 bridgehead atoms. The average Bonchev–Trinajstić information content (AvgIpc) is 3.67. The first-order chi connectivity index (χ1) is 20.6. The summed E-state index contributed by atoms with van der Waals surface area (Å²) in [6, 6.07) is 11.8. The van der Waals surface area contributed by atoms with Gasteiger partial charge in [-0.3, -0.25) is 4.79 Å². The Bertz CT molecular complexity index is 1860. The highest BCUT2D eigenvalue weighted by Gasteiger charge is 2.62. The van der Waals surface area contributed by atoms with Gasteiger partial charge in [0, 0.05) is 28.9 Å². The van der Waals surface area contributed by atoms with Gasteiger partial charge in [-0.2, -0.15) is 13.2 Å². The van der Waals surface area contributed by atoms with Crippen LogP contribution in [0.25, 0.3) is 5.52 Å². The van der Waals surface area contributed by atoms with Crippen molar-refractivity contribution in [3.8, 4) is 0 Å². The molecule has 1 amide bonds. The molecule has 4 heterocycles. The van der Waals surface area contributed by atoms with Crippen LogP contribution in [0, 0.1) is 0 Å². The lowest BCUT2D eigenvalue weighted by molar-refractivity contribution is -0.275. The van der Waals surface area contributed by atoms with E-state index in [9.17, 15) is 23.0 Å². The number of alkyl halides is 3. The van der Waals surface area contributed by atoms with E-state index in [-0.39, 0.29) is 38.6 Å². The molecule has 7 nitrogen and oxygen atoms in total. The van der Waals surface area contributed by atoms with E-state index in [1.165, 1.54) is 12.1 Å². The van der Waals surface area contributed by atoms with Gasteiger partial charge in [0.25, 0.3) is 11.5 Å². The van der Waals surface area contributed by atoms with Crippen LogP contribution in [0.2, 0.25) is 20.1 Å². The van der Waals surface area contributed by atoms with Crippen molar-refractivity contribution in [1.82, 2.24) is 9.72 Å². The van der Waals surface area contributed by atoms with E-state index in [4.69, 9.17) is 55.9 Å². The Balaban J connectivity index is 1.27. The first kappa shape index (κ1) is 31.1. The number of carbonyl (C=O) groups is 1. The summed E-state index contributed by atoms with van der Waals surface area (Å²) < 4.78 is 50.8. The Morgan fingerprint density at radius 3 is 2.48 bits per heavy atom. The predicted octanol–water partition coefficient (Wildman–Crippen LogP) is 7.02. The van der Waals surface area contributed by atoms with Crippen molar-refractivity contribution in [3.05, 3.63) is 103 Å². The molecule has 228 valence electrons. The fraction of sp³-hybridized carbons (Fsp3) is 0.241. The number of benzene rings is 2. The van der Waals surface area contributed by atoms with Gasteiger partial charge in [-0.05, 0) is 72.9 Å². The number of carbonyl (C=O) groups excluding carboxylic acids is 1. The van der Waals surface area contributed by atoms with Crippen LogP contribution in [0.15, 0.2) is 59.9 Å². The summed E-state index contributed by atoms with van der Waals surface area (Å²) in [6.07, 6.45) is -3.97. The van der Waals surface area contributed by atoms with E-state index in [2.05, 4.69) is 10.5 Å². The molecule has 0 saturated carbocycles. The second kappa shape index (κ2) is 10.9. The van der Waals surface area contributed by atoms with Gasteiger partial charge in [0.05, 0.1) is 38.3 Å². The van der Waals surface area contributed by atoms with Crippen molar-refractivity contribution in [3.63, 3.8) is 0 Å². The van der Waals surface area contributed by atoms with Gasteiger partial charge < -0.3 is 24.2 Å². The number of pyridine rings is 1. The van der Waals surface area contributed by atoms with Crippen molar-refractivity contribution < 1.29 is 32.5 Å².